The molecule has 1 aliphatic heterocycles. The topological polar surface area (TPSA) is 59.4 Å². The summed E-state index contributed by atoms with van der Waals surface area (Å²) in [5.74, 6) is -0.381. The number of nitrogens with zero attached hydrogens (tertiary/aromatic N) is 2. The predicted molar refractivity (Wildman–Crippen MR) is 111 cm³/mol. The fourth-order valence-corrected chi connectivity index (χ4v) is 4.29. The van der Waals surface area contributed by atoms with Gasteiger partial charge in [-0.1, -0.05) is 42.5 Å². The maximum absolute atomic E-state index is 12.7. The Hall–Kier alpha value is -3.47. The zero-order chi connectivity index (χ0) is 20.0. The lowest BCUT2D eigenvalue weighted by Gasteiger charge is -2.15. The summed E-state index contributed by atoms with van der Waals surface area (Å²) in [6.45, 7) is 1.89. The number of amides is 1. The van der Waals surface area contributed by atoms with E-state index in [1.807, 2.05) is 39.9 Å². The van der Waals surface area contributed by atoms with Gasteiger partial charge in [-0.2, -0.15) is 0 Å². The van der Waals surface area contributed by atoms with Crippen LogP contribution < -0.4 is 0 Å². The van der Waals surface area contributed by atoms with Gasteiger partial charge >= 0.3 is 0 Å². The molecule has 29 heavy (non-hydrogen) atoms. The van der Waals surface area contributed by atoms with Gasteiger partial charge in [-0.3, -0.25) is 14.4 Å². The molecule has 0 spiro atoms. The number of hydrogen-bond donors (Lipinski definition) is 0. The molecule has 0 unspecified atom stereocenters. The number of fused-ring (bicyclic) bond motifs is 2. The molecule has 3 aromatic rings. The van der Waals surface area contributed by atoms with Crippen molar-refractivity contribution in [2.24, 2.45) is 0 Å². The average molecular weight is 384 g/mol. The SMILES string of the molecule is O=C1C(=Cc2cn(CC(=O)N3CCCC3)c3ccccc23)C(=O)c2ccccc21. The zero-order valence-corrected chi connectivity index (χ0v) is 15.9. The van der Waals surface area contributed by atoms with Gasteiger partial charge in [0.15, 0.2) is 11.6 Å². The lowest BCUT2D eigenvalue weighted by Crippen LogP contribution is -2.30. The highest BCUT2D eigenvalue weighted by atomic mass is 16.2. The van der Waals surface area contributed by atoms with Crippen molar-refractivity contribution in [2.45, 2.75) is 19.4 Å². The molecular weight excluding hydrogens is 364 g/mol. The lowest BCUT2D eigenvalue weighted by atomic mass is 10.1. The molecule has 2 aromatic carbocycles. The summed E-state index contributed by atoms with van der Waals surface area (Å²) in [4.78, 5) is 40.0. The van der Waals surface area contributed by atoms with Gasteiger partial charge in [-0.15, -0.1) is 0 Å². The predicted octanol–water partition coefficient (Wildman–Crippen LogP) is 3.73. The van der Waals surface area contributed by atoms with Gasteiger partial charge in [0.05, 0.1) is 5.57 Å². The molecule has 144 valence electrons. The molecule has 0 bridgehead atoms. The molecular formula is C24H20N2O3. The fourth-order valence-electron chi connectivity index (χ4n) is 4.29. The maximum Gasteiger partial charge on any atom is 0.242 e. The van der Waals surface area contributed by atoms with Crippen LogP contribution in [0.25, 0.3) is 17.0 Å². The molecule has 0 N–H and O–H groups in total. The van der Waals surface area contributed by atoms with Gasteiger partial charge < -0.3 is 9.47 Å². The standard InChI is InChI=1S/C24H20N2O3/c27-22(25-11-5-6-12-25)15-26-14-16(17-7-3-4-10-21(17)26)13-20-23(28)18-8-1-2-9-19(18)24(20)29/h1-4,7-10,13-14H,5-6,11-12,15H2. The van der Waals surface area contributed by atoms with Gasteiger partial charge in [-0.25, -0.2) is 0 Å². The minimum absolute atomic E-state index is 0.0999. The third-order valence-corrected chi connectivity index (χ3v) is 5.79. The van der Waals surface area contributed by atoms with Crippen LogP contribution in [0, 0.1) is 0 Å². The lowest BCUT2D eigenvalue weighted by molar-refractivity contribution is -0.130. The van der Waals surface area contributed by atoms with Gasteiger partial charge in [0.2, 0.25) is 5.91 Å². The quantitative estimate of drug-likeness (QED) is 0.511. The van der Waals surface area contributed by atoms with E-state index in [2.05, 4.69) is 0 Å². The van der Waals surface area contributed by atoms with E-state index in [1.54, 1.807) is 30.3 Å². The van der Waals surface area contributed by atoms with Crippen LogP contribution in [0.5, 0.6) is 0 Å². The molecule has 1 aliphatic carbocycles. The third-order valence-electron chi connectivity index (χ3n) is 5.79. The summed E-state index contributed by atoms with van der Waals surface area (Å²) in [5.41, 5.74) is 2.79. The van der Waals surface area contributed by atoms with Crippen molar-refractivity contribution in [3.05, 3.63) is 77.0 Å². The number of para-hydroxylation sites is 1. The minimum atomic E-state index is -0.240. The first kappa shape index (κ1) is 17.6. The van der Waals surface area contributed by atoms with Crippen molar-refractivity contribution in [3.63, 3.8) is 0 Å². The number of hydrogen-bond acceptors (Lipinski definition) is 3. The van der Waals surface area contributed by atoms with E-state index in [0.29, 0.717) is 11.1 Å². The molecule has 2 heterocycles. The summed E-state index contributed by atoms with van der Waals surface area (Å²) < 4.78 is 1.92. The molecule has 2 aliphatic rings. The second kappa shape index (κ2) is 6.85. The van der Waals surface area contributed by atoms with Crippen LogP contribution in [0.2, 0.25) is 0 Å². The summed E-state index contributed by atoms with van der Waals surface area (Å²) >= 11 is 0. The monoisotopic (exact) mass is 384 g/mol. The molecule has 0 radical (unpaired) electrons. The molecule has 1 aromatic heterocycles. The van der Waals surface area contributed by atoms with E-state index in [9.17, 15) is 14.4 Å². The Morgan fingerprint density at radius 1 is 0.897 bits per heavy atom. The van der Waals surface area contributed by atoms with Crippen LogP contribution >= 0.6 is 0 Å². The highest BCUT2D eigenvalue weighted by molar-refractivity contribution is 6.41. The molecule has 1 saturated heterocycles. The normalized spacial score (nSPS) is 16.0. The Bertz CT molecular complexity index is 1160. The molecule has 1 amide bonds. The van der Waals surface area contributed by atoms with Crippen LogP contribution in [0.4, 0.5) is 0 Å². The van der Waals surface area contributed by atoms with Crippen LogP contribution in [-0.2, 0) is 11.3 Å². The van der Waals surface area contributed by atoms with Gasteiger partial charge in [0, 0.05) is 46.9 Å². The molecule has 5 rings (SSSR count). The Morgan fingerprint density at radius 2 is 1.52 bits per heavy atom. The largest absolute Gasteiger partial charge is 0.341 e. The van der Waals surface area contributed by atoms with E-state index < -0.39 is 0 Å². The zero-order valence-electron chi connectivity index (χ0n) is 15.9. The first-order valence-electron chi connectivity index (χ1n) is 9.89. The number of carbonyl (C=O) groups is 3. The first-order chi connectivity index (χ1) is 14.1. The minimum Gasteiger partial charge on any atom is -0.341 e. The van der Waals surface area contributed by atoms with E-state index in [0.717, 1.165) is 42.4 Å². The van der Waals surface area contributed by atoms with Crippen LogP contribution in [0.3, 0.4) is 0 Å². The Labute approximate surface area is 168 Å². The Kier molecular flexibility index (Phi) is 4.16. The number of rotatable bonds is 3. The summed E-state index contributed by atoms with van der Waals surface area (Å²) in [6, 6.07) is 14.7. The van der Waals surface area contributed by atoms with Crippen molar-refractivity contribution >= 4 is 34.5 Å². The third kappa shape index (κ3) is 2.90. The smallest absolute Gasteiger partial charge is 0.242 e. The number of carbonyl (C=O) groups excluding carboxylic acids is 3. The average Bonchev–Trinajstić information content (AvgIpc) is 3.45. The number of ketones is 2. The van der Waals surface area contributed by atoms with Crippen LogP contribution in [0.1, 0.15) is 39.1 Å². The molecule has 0 atom stereocenters. The number of allylic oxidation sites excluding steroid dienone is 1. The number of aromatic nitrogens is 1. The number of Topliss-reactive ketones (excluding diaryl/α,β-unsaturated/α-hetero) is 2. The van der Waals surface area contributed by atoms with Crippen molar-refractivity contribution < 1.29 is 14.4 Å². The van der Waals surface area contributed by atoms with Crippen LogP contribution in [0.15, 0.2) is 60.3 Å². The molecule has 5 heteroatoms. The van der Waals surface area contributed by atoms with Crippen molar-refractivity contribution in [3.8, 4) is 0 Å². The summed E-state index contributed by atoms with van der Waals surface area (Å²) in [6.07, 6.45) is 5.65. The number of benzene rings is 2. The van der Waals surface area contributed by atoms with Crippen molar-refractivity contribution in [1.29, 1.82) is 0 Å². The van der Waals surface area contributed by atoms with Crippen molar-refractivity contribution in [1.82, 2.24) is 9.47 Å². The summed E-state index contributed by atoms with van der Waals surface area (Å²) in [7, 11) is 0. The molecule has 0 saturated carbocycles. The summed E-state index contributed by atoms with van der Waals surface area (Å²) in [5, 5.41) is 0.922. The Balaban J connectivity index is 1.55. The van der Waals surface area contributed by atoms with Gasteiger partial charge in [0.1, 0.15) is 6.54 Å². The Morgan fingerprint density at radius 3 is 2.21 bits per heavy atom. The van der Waals surface area contributed by atoms with Crippen molar-refractivity contribution in [2.75, 3.05) is 13.1 Å². The van der Waals surface area contributed by atoms with Crippen LogP contribution in [-0.4, -0.2) is 40.0 Å². The van der Waals surface area contributed by atoms with E-state index in [-0.39, 0.29) is 29.6 Å². The first-order valence-corrected chi connectivity index (χ1v) is 9.89. The van der Waals surface area contributed by atoms with Gasteiger partial charge in [0.25, 0.3) is 0 Å². The maximum atomic E-state index is 12.7. The highest BCUT2D eigenvalue weighted by Crippen LogP contribution is 2.30. The number of likely N-dealkylation sites (tertiary alicyclic amines) is 1. The van der Waals surface area contributed by atoms with E-state index in [4.69, 9.17) is 0 Å². The van der Waals surface area contributed by atoms with Gasteiger partial charge in [-0.05, 0) is 25.0 Å². The van der Waals surface area contributed by atoms with E-state index >= 15 is 0 Å². The molecule has 5 nitrogen and oxygen atoms in total. The fraction of sp³-hybridized carbons (Fsp3) is 0.208. The second-order valence-electron chi connectivity index (χ2n) is 7.58. The molecule has 1 fully saturated rings. The highest BCUT2D eigenvalue weighted by Gasteiger charge is 2.32. The second-order valence-corrected chi connectivity index (χ2v) is 7.58. The van der Waals surface area contributed by atoms with E-state index in [1.165, 1.54) is 0 Å².